The molecule has 3 amide bonds. The molecule has 26 heavy (non-hydrogen) atoms. The maximum atomic E-state index is 12.9. The maximum Gasteiger partial charge on any atom is 0.322 e. The number of nitrogens with one attached hydrogen (secondary N) is 1. The van der Waals surface area contributed by atoms with Crippen LogP contribution in [0.1, 0.15) is 24.0 Å². The van der Waals surface area contributed by atoms with Gasteiger partial charge in [0.15, 0.2) is 0 Å². The summed E-state index contributed by atoms with van der Waals surface area (Å²) in [6, 6.07) is 6.14. The number of anilines is 1. The number of urea groups is 1. The Morgan fingerprint density at radius 2 is 1.92 bits per heavy atom. The van der Waals surface area contributed by atoms with Crippen LogP contribution in [0.25, 0.3) is 0 Å². The highest BCUT2D eigenvalue weighted by atomic mass is 16.2. The Hall–Kier alpha value is -2.08. The van der Waals surface area contributed by atoms with Crippen LogP contribution in [0.4, 0.5) is 10.5 Å². The maximum absolute atomic E-state index is 12.9. The van der Waals surface area contributed by atoms with Gasteiger partial charge in [-0.1, -0.05) is 12.1 Å². The fourth-order valence-corrected chi connectivity index (χ4v) is 3.96. The van der Waals surface area contributed by atoms with Gasteiger partial charge < -0.3 is 15.1 Å². The molecule has 6 nitrogen and oxygen atoms in total. The third kappa shape index (κ3) is 4.01. The molecule has 0 unspecified atom stereocenters. The monoisotopic (exact) mass is 358 g/mol. The van der Waals surface area contributed by atoms with Crippen LogP contribution in [0.2, 0.25) is 0 Å². The lowest BCUT2D eigenvalue weighted by Crippen LogP contribution is -2.49. The number of carbonyl (C=O) groups is 2. The largest absolute Gasteiger partial charge is 0.348 e. The SMILES string of the molecule is Cc1cccc(NC(=O)N2C[C@H]3CC[C@@H]2CN(CC(=O)N(C)C)C3)c1C. The number of hydrogen-bond donors (Lipinski definition) is 1. The van der Waals surface area contributed by atoms with Crippen molar-refractivity contribution in [3.8, 4) is 0 Å². The van der Waals surface area contributed by atoms with Crippen molar-refractivity contribution < 1.29 is 9.59 Å². The molecule has 0 aromatic heterocycles. The minimum Gasteiger partial charge on any atom is -0.348 e. The fraction of sp³-hybridized carbons (Fsp3) is 0.600. The van der Waals surface area contributed by atoms with Crippen LogP contribution in [0.5, 0.6) is 0 Å². The van der Waals surface area contributed by atoms with Crippen molar-refractivity contribution in [3.63, 3.8) is 0 Å². The summed E-state index contributed by atoms with van der Waals surface area (Å²) < 4.78 is 0. The number of rotatable bonds is 3. The summed E-state index contributed by atoms with van der Waals surface area (Å²) in [4.78, 5) is 30.8. The number of fused-ring (bicyclic) bond motifs is 4. The van der Waals surface area contributed by atoms with Gasteiger partial charge in [0.2, 0.25) is 5.91 Å². The second-order valence-corrected chi connectivity index (χ2v) is 7.91. The molecule has 2 atom stereocenters. The van der Waals surface area contributed by atoms with Crippen molar-refractivity contribution in [2.24, 2.45) is 5.92 Å². The van der Waals surface area contributed by atoms with E-state index in [1.807, 2.05) is 24.0 Å². The first kappa shape index (κ1) is 18.7. The van der Waals surface area contributed by atoms with E-state index in [1.54, 1.807) is 19.0 Å². The predicted molar refractivity (Wildman–Crippen MR) is 103 cm³/mol. The van der Waals surface area contributed by atoms with Gasteiger partial charge >= 0.3 is 6.03 Å². The Bertz CT molecular complexity index is 688. The summed E-state index contributed by atoms with van der Waals surface area (Å²) in [7, 11) is 3.58. The van der Waals surface area contributed by atoms with E-state index in [1.165, 1.54) is 5.56 Å². The summed E-state index contributed by atoms with van der Waals surface area (Å²) in [5.41, 5.74) is 3.17. The molecule has 3 saturated heterocycles. The zero-order valence-corrected chi connectivity index (χ0v) is 16.3. The molecule has 3 aliphatic heterocycles. The van der Waals surface area contributed by atoms with Crippen LogP contribution in [0.3, 0.4) is 0 Å². The second kappa shape index (κ2) is 7.66. The van der Waals surface area contributed by atoms with Crippen molar-refractivity contribution in [1.29, 1.82) is 0 Å². The Morgan fingerprint density at radius 3 is 2.65 bits per heavy atom. The molecular formula is C20H30N4O2. The van der Waals surface area contributed by atoms with E-state index in [9.17, 15) is 9.59 Å². The van der Waals surface area contributed by atoms with Crippen LogP contribution < -0.4 is 5.32 Å². The first-order valence-electron chi connectivity index (χ1n) is 9.41. The smallest absolute Gasteiger partial charge is 0.322 e. The minimum atomic E-state index is -0.0193. The van der Waals surface area contributed by atoms with Gasteiger partial charge in [0, 0.05) is 45.5 Å². The molecule has 0 radical (unpaired) electrons. The summed E-state index contributed by atoms with van der Waals surface area (Å²) in [5, 5.41) is 3.10. The Kier molecular flexibility index (Phi) is 5.51. The third-order valence-corrected chi connectivity index (χ3v) is 5.75. The van der Waals surface area contributed by atoms with Crippen molar-refractivity contribution in [2.45, 2.75) is 32.7 Å². The highest BCUT2D eigenvalue weighted by Gasteiger charge is 2.37. The van der Waals surface area contributed by atoms with Crippen LogP contribution in [0.15, 0.2) is 18.2 Å². The second-order valence-electron chi connectivity index (χ2n) is 7.91. The van der Waals surface area contributed by atoms with Gasteiger partial charge in [-0.05, 0) is 49.8 Å². The van der Waals surface area contributed by atoms with E-state index in [0.717, 1.165) is 43.7 Å². The average Bonchev–Trinajstić information content (AvgIpc) is 2.89. The highest BCUT2D eigenvalue weighted by Crippen LogP contribution is 2.29. The Labute approximate surface area is 156 Å². The molecule has 3 aliphatic rings. The van der Waals surface area contributed by atoms with E-state index in [0.29, 0.717) is 12.5 Å². The van der Waals surface area contributed by atoms with E-state index >= 15 is 0 Å². The van der Waals surface area contributed by atoms with E-state index in [2.05, 4.69) is 23.2 Å². The molecular weight excluding hydrogens is 328 g/mol. The zero-order valence-electron chi connectivity index (χ0n) is 16.3. The number of likely N-dealkylation sites (N-methyl/N-ethyl adjacent to an activating group) is 1. The van der Waals surface area contributed by atoms with Crippen molar-refractivity contribution in [3.05, 3.63) is 29.3 Å². The van der Waals surface area contributed by atoms with Gasteiger partial charge in [-0.3, -0.25) is 9.69 Å². The first-order valence-corrected chi connectivity index (χ1v) is 9.41. The summed E-state index contributed by atoms with van der Waals surface area (Å²) >= 11 is 0. The van der Waals surface area contributed by atoms with Gasteiger partial charge in [-0.15, -0.1) is 0 Å². The topological polar surface area (TPSA) is 55.9 Å². The highest BCUT2D eigenvalue weighted by molar-refractivity contribution is 5.90. The standard InChI is InChI=1S/C20H30N4O2/c1-14-6-5-7-18(15(14)2)21-20(26)24-11-16-8-9-17(24)12-23(10-16)13-19(25)22(3)4/h5-7,16-17H,8-13H2,1-4H3,(H,21,26)/t16-,17+/m0/s1. The number of benzene rings is 1. The van der Waals surface area contributed by atoms with Gasteiger partial charge in [0.25, 0.3) is 0 Å². The van der Waals surface area contributed by atoms with Crippen LogP contribution >= 0.6 is 0 Å². The third-order valence-electron chi connectivity index (χ3n) is 5.75. The van der Waals surface area contributed by atoms with Crippen molar-refractivity contribution in [2.75, 3.05) is 45.6 Å². The molecule has 0 spiro atoms. The predicted octanol–water partition coefficient (Wildman–Crippen LogP) is 2.32. The van der Waals surface area contributed by atoms with E-state index in [4.69, 9.17) is 0 Å². The molecule has 6 heteroatoms. The first-order chi connectivity index (χ1) is 12.3. The molecule has 0 saturated carbocycles. The van der Waals surface area contributed by atoms with Crippen molar-refractivity contribution >= 4 is 17.6 Å². The molecule has 1 N–H and O–H groups in total. The fourth-order valence-electron chi connectivity index (χ4n) is 3.96. The number of carbonyl (C=O) groups excluding carboxylic acids is 2. The summed E-state index contributed by atoms with van der Waals surface area (Å²) in [5.74, 6) is 0.561. The zero-order chi connectivity index (χ0) is 18.8. The van der Waals surface area contributed by atoms with Gasteiger partial charge in [0.1, 0.15) is 0 Å². The van der Waals surface area contributed by atoms with Crippen LogP contribution in [0, 0.1) is 19.8 Å². The number of nitrogens with zero attached hydrogens (tertiary/aromatic N) is 3. The lowest BCUT2D eigenvalue weighted by atomic mass is 9.95. The number of piperidine rings is 1. The lowest BCUT2D eigenvalue weighted by molar-refractivity contribution is -0.129. The number of hydrogen-bond acceptors (Lipinski definition) is 3. The minimum absolute atomic E-state index is 0.0193. The molecule has 142 valence electrons. The quantitative estimate of drug-likeness (QED) is 0.902. The Morgan fingerprint density at radius 1 is 1.15 bits per heavy atom. The molecule has 1 aromatic carbocycles. The normalized spacial score (nSPS) is 22.8. The molecule has 4 rings (SSSR count). The molecule has 0 aliphatic carbocycles. The van der Waals surface area contributed by atoms with Gasteiger partial charge in [0.05, 0.1) is 6.54 Å². The molecule has 3 fully saturated rings. The Balaban J connectivity index is 1.69. The van der Waals surface area contributed by atoms with Crippen LogP contribution in [-0.4, -0.2) is 73.0 Å². The van der Waals surface area contributed by atoms with E-state index < -0.39 is 0 Å². The molecule has 1 aromatic rings. The van der Waals surface area contributed by atoms with E-state index in [-0.39, 0.29) is 18.0 Å². The molecule has 2 bridgehead atoms. The average molecular weight is 358 g/mol. The summed E-state index contributed by atoms with van der Waals surface area (Å²) in [6.45, 7) is 6.97. The lowest BCUT2D eigenvalue weighted by Gasteiger charge is -2.36. The van der Waals surface area contributed by atoms with Gasteiger partial charge in [-0.2, -0.15) is 0 Å². The van der Waals surface area contributed by atoms with Crippen molar-refractivity contribution in [1.82, 2.24) is 14.7 Å². The molecule has 3 heterocycles. The van der Waals surface area contributed by atoms with Crippen LogP contribution in [-0.2, 0) is 4.79 Å². The summed E-state index contributed by atoms with van der Waals surface area (Å²) in [6.07, 6.45) is 2.14. The number of amides is 3. The van der Waals surface area contributed by atoms with Gasteiger partial charge in [-0.25, -0.2) is 4.79 Å². The number of aryl methyl sites for hydroxylation is 1.